The molecule has 3 heteroatoms. The van der Waals surface area contributed by atoms with E-state index in [9.17, 15) is 0 Å². The zero-order valence-electron chi connectivity index (χ0n) is 8.53. The fourth-order valence-electron chi connectivity index (χ4n) is 1.44. The third-order valence-corrected chi connectivity index (χ3v) is 3.30. The zero-order valence-corrected chi connectivity index (χ0v) is 9.34. The lowest BCUT2D eigenvalue weighted by Gasteiger charge is -2.00. The number of rotatable bonds is 2. The first-order chi connectivity index (χ1) is 6.75. The molecule has 0 spiro atoms. The number of hydrogen-bond donors (Lipinski definition) is 0. The van der Waals surface area contributed by atoms with Gasteiger partial charge in [-0.15, -0.1) is 11.3 Å². The van der Waals surface area contributed by atoms with Gasteiger partial charge >= 0.3 is 0 Å². The van der Waals surface area contributed by atoms with Crippen molar-refractivity contribution in [3.8, 4) is 0 Å². The Morgan fingerprint density at radius 2 is 2.36 bits per heavy atom. The van der Waals surface area contributed by atoms with Crippen molar-refractivity contribution in [2.75, 3.05) is 13.6 Å². The maximum atomic E-state index is 4.39. The smallest absolute Gasteiger partial charge is 0.0624 e. The van der Waals surface area contributed by atoms with Gasteiger partial charge in [0.05, 0.1) is 5.71 Å². The highest BCUT2D eigenvalue weighted by Crippen LogP contribution is 2.17. The summed E-state index contributed by atoms with van der Waals surface area (Å²) in [5.41, 5.74) is 2.53. The van der Waals surface area contributed by atoms with Crippen molar-refractivity contribution in [1.82, 2.24) is 5.01 Å². The molecule has 1 aromatic rings. The van der Waals surface area contributed by atoms with Crippen LogP contribution in [0, 0.1) is 6.92 Å². The number of hydrogen-bond acceptors (Lipinski definition) is 3. The molecule has 0 radical (unpaired) electrons. The molecule has 0 fully saturated rings. The van der Waals surface area contributed by atoms with E-state index in [0.717, 1.165) is 13.0 Å². The van der Waals surface area contributed by atoms with Gasteiger partial charge in [-0.1, -0.05) is 0 Å². The summed E-state index contributed by atoms with van der Waals surface area (Å²) in [6.07, 6.45) is 5.36. The topological polar surface area (TPSA) is 15.6 Å². The molecule has 0 aromatic carbocycles. The number of aryl methyl sites for hydroxylation is 1. The first-order valence-electron chi connectivity index (χ1n) is 4.76. The molecular formula is C11H14N2S. The third kappa shape index (κ3) is 2.04. The Labute approximate surface area is 88.6 Å². The summed E-state index contributed by atoms with van der Waals surface area (Å²) < 4.78 is 0. The van der Waals surface area contributed by atoms with E-state index in [2.05, 4.69) is 35.6 Å². The normalized spacial score (nSPS) is 16.7. The quantitative estimate of drug-likeness (QED) is 0.726. The standard InChI is InChI=1S/C11H14N2S/c1-9-6-8-14-11(9)4-3-10-5-7-13(2)12-10/h3-4,6,8H,5,7H2,1-2H3. The molecule has 0 unspecified atom stereocenters. The summed E-state index contributed by atoms with van der Waals surface area (Å²) in [6.45, 7) is 3.18. The van der Waals surface area contributed by atoms with E-state index in [-0.39, 0.29) is 0 Å². The lowest BCUT2D eigenvalue weighted by molar-refractivity contribution is 0.393. The van der Waals surface area contributed by atoms with Crippen molar-refractivity contribution >= 4 is 23.1 Å². The van der Waals surface area contributed by atoms with Crippen molar-refractivity contribution in [2.45, 2.75) is 13.3 Å². The van der Waals surface area contributed by atoms with Crippen molar-refractivity contribution < 1.29 is 0 Å². The van der Waals surface area contributed by atoms with Crippen LogP contribution >= 0.6 is 11.3 Å². The lowest BCUT2D eigenvalue weighted by atomic mass is 10.2. The zero-order chi connectivity index (χ0) is 9.97. The molecule has 0 saturated carbocycles. The molecule has 0 amide bonds. The van der Waals surface area contributed by atoms with Crippen molar-refractivity contribution in [1.29, 1.82) is 0 Å². The van der Waals surface area contributed by atoms with Gasteiger partial charge < -0.3 is 0 Å². The Kier molecular flexibility index (Phi) is 2.68. The average molecular weight is 206 g/mol. The molecule has 0 atom stereocenters. The molecule has 1 aromatic heterocycles. The van der Waals surface area contributed by atoms with Gasteiger partial charge in [0.2, 0.25) is 0 Å². The van der Waals surface area contributed by atoms with Gasteiger partial charge in [0.1, 0.15) is 0 Å². The monoisotopic (exact) mass is 206 g/mol. The fourth-order valence-corrected chi connectivity index (χ4v) is 2.26. The Balaban J connectivity index is 2.08. The minimum Gasteiger partial charge on any atom is -0.299 e. The Morgan fingerprint density at radius 3 is 2.93 bits per heavy atom. The number of thiophene rings is 1. The summed E-state index contributed by atoms with van der Waals surface area (Å²) in [5.74, 6) is 0. The van der Waals surface area contributed by atoms with Crippen LogP contribution in [0.2, 0.25) is 0 Å². The van der Waals surface area contributed by atoms with Crippen LogP contribution in [-0.2, 0) is 0 Å². The second-order valence-corrected chi connectivity index (χ2v) is 4.47. The minimum absolute atomic E-state index is 1.04. The number of allylic oxidation sites excluding steroid dienone is 1. The first-order valence-corrected chi connectivity index (χ1v) is 5.64. The molecule has 1 aliphatic rings. The van der Waals surface area contributed by atoms with Crippen LogP contribution < -0.4 is 0 Å². The van der Waals surface area contributed by atoms with Gasteiger partial charge in [-0.2, -0.15) is 5.10 Å². The van der Waals surface area contributed by atoms with Crippen molar-refractivity contribution in [2.24, 2.45) is 5.10 Å². The van der Waals surface area contributed by atoms with Gasteiger partial charge in [0.15, 0.2) is 0 Å². The van der Waals surface area contributed by atoms with Gasteiger partial charge in [-0.05, 0) is 36.1 Å². The number of hydrazone groups is 1. The van der Waals surface area contributed by atoms with Crippen LogP contribution in [0.1, 0.15) is 16.9 Å². The van der Waals surface area contributed by atoms with E-state index in [1.807, 2.05) is 12.1 Å². The number of nitrogens with zero attached hydrogens (tertiary/aromatic N) is 2. The molecule has 0 aliphatic carbocycles. The fraction of sp³-hybridized carbons (Fsp3) is 0.364. The van der Waals surface area contributed by atoms with Gasteiger partial charge in [-0.3, -0.25) is 5.01 Å². The third-order valence-electron chi connectivity index (χ3n) is 2.32. The van der Waals surface area contributed by atoms with Gasteiger partial charge in [-0.25, -0.2) is 0 Å². The van der Waals surface area contributed by atoms with Crippen molar-refractivity contribution in [3.63, 3.8) is 0 Å². The maximum absolute atomic E-state index is 4.39. The summed E-state index contributed by atoms with van der Waals surface area (Å²) in [4.78, 5) is 1.34. The molecule has 0 saturated heterocycles. The predicted octanol–water partition coefficient (Wildman–Crippen LogP) is 2.76. The molecule has 74 valence electrons. The lowest BCUT2D eigenvalue weighted by Crippen LogP contribution is -2.04. The van der Waals surface area contributed by atoms with E-state index >= 15 is 0 Å². The first kappa shape index (κ1) is 9.46. The van der Waals surface area contributed by atoms with E-state index < -0.39 is 0 Å². The Hall–Kier alpha value is -1.09. The van der Waals surface area contributed by atoms with Crippen molar-refractivity contribution in [3.05, 3.63) is 28.0 Å². The maximum Gasteiger partial charge on any atom is 0.0624 e. The molecular weight excluding hydrogens is 192 g/mol. The predicted molar refractivity (Wildman–Crippen MR) is 62.8 cm³/mol. The van der Waals surface area contributed by atoms with Crippen LogP contribution in [0.25, 0.3) is 6.08 Å². The van der Waals surface area contributed by atoms with Crippen LogP contribution in [-0.4, -0.2) is 24.3 Å². The van der Waals surface area contributed by atoms with Crippen LogP contribution in [0.15, 0.2) is 22.6 Å². The van der Waals surface area contributed by atoms with Crippen LogP contribution in [0.4, 0.5) is 0 Å². The molecule has 2 rings (SSSR count). The minimum atomic E-state index is 1.04. The largest absolute Gasteiger partial charge is 0.299 e. The summed E-state index contributed by atoms with van der Waals surface area (Å²) >= 11 is 1.78. The molecule has 0 N–H and O–H groups in total. The molecule has 1 aliphatic heterocycles. The average Bonchev–Trinajstić information content (AvgIpc) is 2.72. The highest BCUT2D eigenvalue weighted by molar-refractivity contribution is 7.11. The van der Waals surface area contributed by atoms with Crippen LogP contribution in [0.3, 0.4) is 0 Å². The summed E-state index contributed by atoms with van der Waals surface area (Å²) in [7, 11) is 2.01. The Bertz CT molecular complexity index is 376. The highest BCUT2D eigenvalue weighted by Gasteiger charge is 2.07. The second kappa shape index (κ2) is 3.96. The second-order valence-electron chi connectivity index (χ2n) is 3.52. The van der Waals surface area contributed by atoms with Gasteiger partial charge in [0, 0.05) is 24.9 Å². The Morgan fingerprint density at radius 1 is 1.50 bits per heavy atom. The van der Waals surface area contributed by atoms with E-state index in [0.29, 0.717) is 0 Å². The molecule has 2 heterocycles. The van der Waals surface area contributed by atoms with E-state index in [4.69, 9.17) is 0 Å². The van der Waals surface area contributed by atoms with Gasteiger partial charge in [0.25, 0.3) is 0 Å². The van der Waals surface area contributed by atoms with E-state index in [1.54, 1.807) is 11.3 Å². The summed E-state index contributed by atoms with van der Waals surface area (Å²) in [6, 6.07) is 2.15. The molecule has 14 heavy (non-hydrogen) atoms. The molecule has 2 nitrogen and oxygen atoms in total. The van der Waals surface area contributed by atoms with E-state index in [1.165, 1.54) is 16.2 Å². The highest BCUT2D eigenvalue weighted by atomic mass is 32.1. The summed E-state index contributed by atoms with van der Waals surface area (Å²) in [5, 5.41) is 8.50. The SMILES string of the molecule is Cc1ccsc1C=CC1=NN(C)CC1. The van der Waals surface area contributed by atoms with Crippen LogP contribution in [0.5, 0.6) is 0 Å². The molecule has 0 bridgehead atoms.